The molecule has 4 aliphatic rings. The maximum atomic E-state index is 13.9. The van der Waals surface area contributed by atoms with Gasteiger partial charge in [-0.25, -0.2) is 9.97 Å². The number of anilines is 2. The second-order valence-corrected chi connectivity index (χ2v) is 15.8. The Hall–Kier alpha value is -6.12. The number of aromatic nitrogens is 3. The van der Waals surface area contributed by atoms with Crippen molar-refractivity contribution in [2.75, 3.05) is 42.9 Å². The summed E-state index contributed by atoms with van der Waals surface area (Å²) in [5.41, 5.74) is 2.84. The first-order valence-electron chi connectivity index (χ1n) is 19.7. The fourth-order valence-electron chi connectivity index (χ4n) is 8.61. The smallest absolute Gasteiger partial charge is 0.262 e. The number of hydrogen-bond donors (Lipinski definition) is 3. The van der Waals surface area contributed by atoms with Gasteiger partial charge < -0.3 is 24.8 Å². The summed E-state index contributed by atoms with van der Waals surface area (Å²) in [5, 5.41) is 6.78. The third kappa shape index (κ3) is 7.29. The highest BCUT2D eigenvalue weighted by Gasteiger charge is 2.45. The topological polar surface area (TPSA) is 170 Å². The van der Waals surface area contributed by atoms with Gasteiger partial charge in [-0.15, -0.1) is 0 Å². The maximum Gasteiger partial charge on any atom is 0.262 e. The first-order valence-corrected chi connectivity index (χ1v) is 20.1. The minimum Gasteiger partial charge on any atom is -0.457 e. The number of H-pyrrole nitrogens is 1. The zero-order valence-corrected chi connectivity index (χ0v) is 32.3. The lowest BCUT2D eigenvalue weighted by atomic mass is 9.94. The molecule has 3 saturated heterocycles. The van der Waals surface area contributed by atoms with E-state index in [0.717, 1.165) is 69.0 Å². The molecule has 1 unspecified atom stereocenters. The predicted molar refractivity (Wildman–Crippen MR) is 216 cm³/mol. The van der Waals surface area contributed by atoms with Crippen molar-refractivity contribution in [1.29, 1.82) is 0 Å². The molecule has 4 aliphatic heterocycles. The number of ether oxygens (including phenoxy) is 1. The lowest BCUT2D eigenvalue weighted by Gasteiger charge is -2.38. The van der Waals surface area contributed by atoms with Gasteiger partial charge in [-0.05, 0) is 80.5 Å². The lowest BCUT2D eigenvalue weighted by Crippen LogP contribution is -2.54. The van der Waals surface area contributed by atoms with E-state index in [1.165, 1.54) is 6.33 Å². The van der Waals surface area contributed by atoms with Crippen LogP contribution in [-0.4, -0.2) is 99.0 Å². The van der Waals surface area contributed by atoms with Gasteiger partial charge in [0.2, 0.25) is 11.8 Å². The van der Waals surface area contributed by atoms with Gasteiger partial charge in [0.1, 0.15) is 35.3 Å². The van der Waals surface area contributed by atoms with Crippen LogP contribution in [-0.2, 0) is 9.59 Å². The number of aromatic amines is 1. The van der Waals surface area contributed by atoms with Crippen molar-refractivity contribution in [3.05, 3.63) is 107 Å². The molecule has 15 heteroatoms. The second kappa shape index (κ2) is 15.7. The summed E-state index contributed by atoms with van der Waals surface area (Å²) in [4.78, 5) is 82.3. The Labute approximate surface area is 338 Å². The number of amides is 4. The molecule has 296 valence electrons. The Morgan fingerprint density at radius 2 is 1.60 bits per heavy atom. The standard InChI is InChI=1S/C43H41ClN8O6/c44-34-21-29(58-28-4-2-1-3-5-28)7-9-31(34)38(54)33-22-45-39-37(33)40(47-24-46-39)48-26-14-16-50(17-15-26)23-25-12-18-51(19-13-25)27-6-8-30-32(20-27)43(57)52(42(30)56)35-10-11-36(53)49-41(35)55/h1-9,20-22,24-26,35H,10-19,23H2,(H,49,53,55)(H2,45,46,47,48). The van der Waals surface area contributed by atoms with Gasteiger partial charge in [0.05, 0.1) is 27.1 Å². The van der Waals surface area contributed by atoms with Crippen LogP contribution in [0.2, 0.25) is 5.02 Å². The van der Waals surface area contributed by atoms with E-state index >= 15 is 0 Å². The fourth-order valence-corrected chi connectivity index (χ4v) is 8.87. The van der Waals surface area contributed by atoms with E-state index in [1.54, 1.807) is 36.5 Å². The fraction of sp³-hybridized carbons (Fsp3) is 0.326. The Balaban J connectivity index is 0.781. The largest absolute Gasteiger partial charge is 0.457 e. The molecule has 6 heterocycles. The number of ketones is 1. The molecule has 0 aliphatic carbocycles. The maximum absolute atomic E-state index is 13.9. The number of carbonyl (C=O) groups is 5. The molecule has 0 saturated carbocycles. The van der Waals surface area contributed by atoms with Crippen LogP contribution in [0.15, 0.2) is 79.3 Å². The van der Waals surface area contributed by atoms with E-state index in [4.69, 9.17) is 16.3 Å². The van der Waals surface area contributed by atoms with Gasteiger partial charge in [-0.3, -0.25) is 34.2 Å². The summed E-state index contributed by atoms with van der Waals surface area (Å²) in [6, 6.07) is 18.9. The van der Waals surface area contributed by atoms with Gasteiger partial charge in [0.25, 0.3) is 11.8 Å². The molecule has 9 rings (SSSR count). The molecule has 58 heavy (non-hydrogen) atoms. The van der Waals surface area contributed by atoms with E-state index in [2.05, 4.69) is 35.4 Å². The SMILES string of the molecule is O=C1CCC(N2C(=O)c3ccc(N4CCC(CN5CCC(Nc6ncnc7[nH]cc(C(=O)c8ccc(Oc9ccccc9)cc8Cl)c67)CC5)CC4)cc3C2=O)C(=O)N1. The van der Waals surface area contributed by atoms with Crippen LogP contribution in [0.4, 0.5) is 11.5 Å². The van der Waals surface area contributed by atoms with Gasteiger partial charge >= 0.3 is 0 Å². The number of rotatable bonds is 10. The molecular weight excluding hydrogens is 760 g/mol. The highest BCUT2D eigenvalue weighted by molar-refractivity contribution is 6.36. The van der Waals surface area contributed by atoms with Crippen molar-refractivity contribution in [1.82, 2.24) is 30.1 Å². The summed E-state index contributed by atoms with van der Waals surface area (Å²) >= 11 is 6.63. The number of benzene rings is 3. The van der Waals surface area contributed by atoms with E-state index in [1.807, 2.05) is 36.4 Å². The van der Waals surface area contributed by atoms with Gasteiger partial charge in [0, 0.05) is 68.7 Å². The number of nitrogens with one attached hydrogen (secondary N) is 3. The van der Waals surface area contributed by atoms with Crippen LogP contribution in [0.25, 0.3) is 11.0 Å². The number of halogens is 1. The molecule has 1 atom stereocenters. The van der Waals surface area contributed by atoms with Crippen LogP contribution >= 0.6 is 11.6 Å². The summed E-state index contributed by atoms with van der Waals surface area (Å²) in [6.07, 6.45) is 7.22. The number of piperidine rings is 3. The van der Waals surface area contributed by atoms with Crippen LogP contribution in [0.3, 0.4) is 0 Å². The molecule has 2 aromatic heterocycles. The minimum absolute atomic E-state index is 0.0872. The zero-order valence-electron chi connectivity index (χ0n) is 31.6. The van der Waals surface area contributed by atoms with Gasteiger partial charge in [-0.2, -0.15) is 0 Å². The van der Waals surface area contributed by atoms with Crippen molar-refractivity contribution in [2.24, 2.45) is 5.92 Å². The van der Waals surface area contributed by atoms with E-state index in [0.29, 0.717) is 56.5 Å². The van der Waals surface area contributed by atoms with Crippen molar-refractivity contribution in [2.45, 2.75) is 50.6 Å². The summed E-state index contributed by atoms with van der Waals surface area (Å²) in [7, 11) is 0. The Bertz CT molecular complexity index is 2440. The van der Waals surface area contributed by atoms with E-state index in [9.17, 15) is 24.0 Å². The van der Waals surface area contributed by atoms with E-state index in [-0.39, 0.29) is 29.7 Å². The molecule has 3 aromatic carbocycles. The van der Waals surface area contributed by atoms with Crippen LogP contribution < -0.4 is 20.3 Å². The van der Waals surface area contributed by atoms with Gasteiger partial charge in [-0.1, -0.05) is 29.8 Å². The zero-order chi connectivity index (χ0) is 39.9. The lowest BCUT2D eigenvalue weighted by molar-refractivity contribution is -0.136. The molecule has 3 fully saturated rings. The summed E-state index contributed by atoms with van der Waals surface area (Å²) < 4.78 is 5.90. The first kappa shape index (κ1) is 37.5. The second-order valence-electron chi connectivity index (χ2n) is 15.4. The molecule has 14 nitrogen and oxygen atoms in total. The average Bonchev–Trinajstić information content (AvgIpc) is 3.78. The summed E-state index contributed by atoms with van der Waals surface area (Å²) in [5.74, 6) is 0.119. The summed E-state index contributed by atoms with van der Waals surface area (Å²) in [6.45, 7) is 4.53. The monoisotopic (exact) mass is 800 g/mol. The number of fused-ring (bicyclic) bond motifs is 2. The number of imide groups is 2. The minimum atomic E-state index is -0.979. The highest BCUT2D eigenvalue weighted by atomic mass is 35.5. The highest BCUT2D eigenvalue weighted by Crippen LogP contribution is 2.34. The average molecular weight is 801 g/mol. The van der Waals surface area contributed by atoms with Crippen LogP contribution in [0.5, 0.6) is 11.5 Å². The third-order valence-electron chi connectivity index (χ3n) is 11.7. The van der Waals surface area contributed by atoms with E-state index < -0.39 is 29.7 Å². The molecule has 5 aromatic rings. The molecular formula is C43H41ClN8O6. The number of likely N-dealkylation sites (tertiary alicyclic amines) is 1. The molecule has 4 amide bonds. The van der Waals surface area contributed by atoms with Crippen molar-refractivity contribution in [3.63, 3.8) is 0 Å². The van der Waals surface area contributed by atoms with Crippen LogP contribution in [0.1, 0.15) is 75.2 Å². The van der Waals surface area contributed by atoms with Crippen LogP contribution in [0, 0.1) is 5.92 Å². The normalized spacial score (nSPS) is 19.4. The molecule has 0 spiro atoms. The Morgan fingerprint density at radius 3 is 2.36 bits per heavy atom. The third-order valence-corrected chi connectivity index (χ3v) is 12.0. The quantitative estimate of drug-likeness (QED) is 0.115. The Kier molecular flexibility index (Phi) is 10.1. The number of carbonyl (C=O) groups excluding carboxylic acids is 5. The molecule has 0 bridgehead atoms. The van der Waals surface area contributed by atoms with Crippen molar-refractivity contribution < 1.29 is 28.7 Å². The van der Waals surface area contributed by atoms with Gasteiger partial charge in [0.15, 0.2) is 5.78 Å². The predicted octanol–water partition coefficient (Wildman–Crippen LogP) is 5.83. The van der Waals surface area contributed by atoms with Crippen molar-refractivity contribution in [3.8, 4) is 11.5 Å². The van der Waals surface area contributed by atoms with Crippen molar-refractivity contribution >= 4 is 63.6 Å². The first-order chi connectivity index (χ1) is 28.2. The number of hydrogen-bond acceptors (Lipinski definition) is 11. The number of nitrogens with zero attached hydrogens (tertiary/aromatic N) is 5. The molecule has 0 radical (unpaired) electrons. The number of para-hydroxylation sites is 1. The Morgan fingerprint density at radius 1 is 0.828 bits per heavy atom. The molecule has 3 N–H and O–H groups in total.